The lowest BCUT2D eigenvalue weighted by Gasteiger charge is -2.04. The van der Waals surface area contributed by atoms with Gasteiger partial charge in [0, 0.05) is 6.42 Å². The monoisotopic (exact) mass is 223 g/mol. The number of nitrogens with zero attached hydrogens (tertiary/aromatic N) is 3. The Morgan fingerprint density at radius 2 is 2.31 bits per heavy atom. The molecule has 0 aliphatic carbocycles. The van der Waals surface area contributed by atoms with Crippen molar-refractivity contribution in [1.82, 2.24) is 19.9 Å². The summed E-state index contributed by atoms with van der Waals surface area (Å²) in [5, 5.41) is 17.7. The Labute approximate surface area is 89.2 Å². The molecule has 2 rings (SSSR count). The maximum Gasteiger partial charge on any atom is 0.332 e. The third-order valence-electron chi connectivity index (χ3n) is 2.02. The Kier molecular flexibility index (Phi) is 2.41. The fourth-order valence-electron chi connectivity index (χ4n) is 1.25. The largest absolute Gasteiger partial charge is 0.479 e. The van der Waals surface area contributed by atoms with Gasteiger partial charge in [0.05, 0.1) is 6.33 Å². The molecule has 0 bridgehead atoms. The maximum absolute atomic E-state index is 10.4. The average molecular weight is 223 g/mol. The molecule has 0 saturated heterocycles. The molecule has 0 aliphatic rings. The summed E-state index contributed by atoms with van der Waals surface area (Å²) in [5.41, 5.74) is 6.44. The van der Waals surface area contributed by atoms with Gasteiger partial charge >= 0.3 is 5.97 Å². The minimum Gasteiger partial charge on any atom is -0.479 e. The summed E-state index contributed by atoms with van der Waals surface area (Å²) in [7, 11) is 0. The number of hydrogen-bond donors (Lipinski definition) is 4. The van der Waals surface area contributed by atoms with Gasteiger partial charge < -0.3 is 20.9 Å². The molecule has 8 nitrogen and oxygen atoms in total. The molecule has 0 amide bonds. The summed E-state index contributed by atoms with van der Waals surface area (Å²) in [5.74, 6) is -1.01. The quantitative estimate of drug-likeness (QED) is 0.519. The number of nitrogens with one attached hydrogen (secondary N) is 1. The molecule has 1 unspecified atom stereocenters. The van der Waals surface area contributed by atoms with Crippen molar-refractivity contribution in [3.8, 4) is 0 Å². The van der Waals surface area contributed by atoms with E-state index < -0.39 is 12.1 Å². The van der Waals surface area contributed by atoms with Crippen molar-refractivity contribution in [2.24, 2.45) is 0 Å². The van der Waals surface area contributed by atoms with Gasteiger partial charge in [-0.25, -0.2) is 19.7 Å². The minimum absolute atomic E-state index is 0.145. The highest BCUT2D eigenvalue weighted by Crippen LogP contribution is 2.13. The standard InChI is InChI=1S/C8H9N5O3/c9-6-5-7(11-2-10-5)13-4(12-6)1-3(14)8(15)16/h2-3,14H,1H2,(H,15,16)(H3,9,10,11,12,13). The summed E-state index contributed by atoms with van der Waals surface area (Å²) in [6.07, 6.45) is -0.342. The van der Waals surface area contributed by atoms with E-state index in [1.54, 1.807) is 0 Å². The highest BCUT2D eigenvalue weighted by molar-refractivity contribution is 5.81. The highest BCUT2D eigenvalue weighted by atomic mass is 16.4. The van der Waals surface area contributed by atoms with E-state index in [1.807, 2.05) is 0 Å². The Morgan fingerprint density at radius 1 is 1.56 bits per heavy atom. The lowest BCUT2D eigenvalue weighted by Crippen LogP contribution is -2.23. The Balaban J connectivity index is 2.35. The van der Waals surface area contributed by atoms with Gasteiger partial charge in [-0.2, -0.15) is 0 Å². The molecule has 0 radical (unpaired) electrons. The van der Waals surface area contributed by atoms with Crippen LogP contribution in [-0.4, -0.2) is 42.2 Å². The molecular weight excluding hydrogens is 214 g/mol. The topological polar surface area (TPSA) is 138 Å². The van der Waals surface area contributed by atoms with E-state index in [4.69, 9.17) is 15.9 Å². The molecule has 8 heteroatoms. The van der Waals surface area contributed by atoms with Crippen LogP contribution < -0.4 is 5.73 Å². The number of carboxylic acids is 1. The van der Waals surface area contributed by atoms with Crippen LogP contribution in [0, 0.1) is 0 Å². The molecule has 0 aliphatic heterocycles. The molecule has 2 heterocycles. The van der Waals surface area contributed by atoms with Crippen LogP contribution in [-0.2, 0) is 11.2 Å². The summed E-state index contributed by atoms with van der Waals surface area (Å²) >= 11 is 0. The zero-order valence-electron chi connectivity index (χ0n) is 8.08. The lowest BCUT2D eigenvalue weighted by atomic mass is 10.2. The number of nitrogen functional groups attached to an aromatic ring is 1. The van der Waals surface area contributed by atoms with E-state index in [1.165, 1.54) is 6.33 Å². The third kappa shape index (κ3) is 1.77. The second-order valence-corrected chi connectivity index (χ2v) is 3.18. The lowest BCUT2D eigenvalue weighted by molar-refractivity contribution is -0.146. The van der Waals surface area contributed by atoms with Gasteiger partial charge in [0.15, 0.2) is 17.6 Å². The first-order valence-corrected chi connectivity index (χ1v) is 4.44. The molecule has 0 fully saturated rings. The van der Waals surface area contributed by atoms with Gasteiger partial charge in [-0.05, 0) is 0 Å². The number of aliphatic carboxylic acids is 1. The third-order valence-corrected chi connectivity index (χ3v) is 2.02. The van der Waals surface area contributed by atoms with Gasteiger partial charge in [0.1, 0.15) is 11.3 Å². The number of aromatic nitrogens is 4. The number of fused-ring (bicyclic) bond motifs is 1. The normalized spacial score (nSPS) is 12.8. The maximum atomic E-state index is 10.4. The van der Waals surface area contributed by atoms with Crippen LogP contribution >= 0.6 is 0 Å². The zero-order valence-corrected chi connectivity index (χ0v) is 8.08. The number of carboxylic acid groups (broad SMARTS) is 1. The second-order valence-electron chi connectivity index (χ2n) is 3.18. The van der Waals surface area contributed by atoms with E-state index >= 15 is 0 Å². The van der Waals surface area contributed by atoms with Gasteiger partial charge in [-0.3, -0.25) is 0 Å². The second kappa shape index (κ2) is 3.74. The van der Waals surface area contributed by atoms with Crippen molar-refractivity contribution in [1.29, 1.82) is 0 Å². The SMILES string of the molecule is Nc1nc(CC(O)C(=O)O)nc2nc[nH]c12. The molecule has 5 N–H and O–H groups in total. The van der Waals surface area contributed by atoms with Crippen LogP contribution in [0.2, 0.25) is 0 Å². The van der Waals surface area contributed by atoms with Crippen molar-refractivity contribution in [3.05, 3.63) is 12.2 Å². The van der Waals surface area contributed by atoms with Gasteiger partial charge in [-0.15, -0.1) is 0 Å². The van der Waals surface area contributed by atoms with E-state index in [0.29, 0.717) is 11.2 Å². The fourth-order valence-corrected chi connectivity index (χ4v) is 1.25. The van der Waals surface area contributed by atoms with Crippen molar-refractivity contribution < 1.29 is 15.0 Å². The molecular formula is C8H9N5O3. The van der Waals surface area contributed by atoms with Crippen LogP contribution in [0.3, 0.4) is 0 Å². The van der Waals surface area contributed by atoms with Crippen LogP contribution in [0.5, 0.6) is 0 Å². The molecule has 2 aromatic rings. The predicted octanol–water partition coefficient (Wildman–Crippen LogP) is -1.08. The van der Waals surface area contributed by atoms with Crippen LogP contribution in [0.4, 0.5) is 5.82 Å². The van der Waals surface area contributed by atoms with Crippen molar-refractivity contribution >= 4 is 23.0 Å². The molecule has 84 valence electrons. The van der Waals surface area contributed by atoms with Gasteiger partial charge in [0.2, 0.25) is 0 Å². The number of H-pyrrole nitrogens is 1. The minimum atomic E-state index is -1.55. The summed E-state index contributed by atoms with van der Waals surface area (Å²) < 4.78 is 0. The fraction of sp³-hybridized carbons (Fsp3) is 0.250. The van der Waals surface area contributed by atoms with Crippen LogP contribution in [0.1, 0.15) is 5.82 Å². The number of aliphatic hydroxyl groups excluding tert-OH is 1. The number of imidazole rings is 1. The Bertz CT molecular complexity index is 537. The van der Waals surface area contributed by atoms with Crippen molar-refractivity contribution in [3.63, 3.8) is 0 Å². The van der Waals surface area contributed by atoms with Gasteiger partial charge in [-0.1, -0.05) is 0 Å². The molecule has 1 atom stereocenters. The summed E-state index contributed by atoms with van der Waals surface area (Å²) in [4.78, 5) is 24.9. The zero-order chi connectivity index (χ0) is 11.7. The highest BCUT2D eigenvalue weighted by Gasteiger charge is 2.17. The number of carbonyl (C=O) groups is 1. The number of nitrogens with two attached hydrogens (primary N) is 1. The number of hydrogen-bond acceptors (Lipinski definition) is 6. The number of aliphatic hydroxyl groups is 1. The number of anilines is 1. The van der Waals surface area contributed by atoms with E-state index in [0.717, 1.165) is 0 Å². The molecule has 0 spiro atoms. The molecule has 16 heavy (non-hydrogen) atoms. The smallest absolute Gasteiger partial charge is 0.332 e. The van der Waals surface area contributed by atoms with E-state index in [2.05, 4.69) is 19.9 Å². The van der Waals surface area contributed by atoms with E-state index in [-0.39, 0.29) is 18.1 Å². The molecule has 2 aromatic heterocycles. The summed E-state index contributed by atoms with van der Waals surface area (Å²) in [6.45, 7) is 0. The first kappa shape index (κ1) is 10.3. The Morgan fingerprint density at radius 3 is 3.00 bits per heavy atom. The Hall–Kier alpha value is -2.22. The van der Waals surface area contributed by atoms with Gasteiger partial charge in [0.25, 0.3) is 0 Å². The van der Waals surface area contributed by atoms with Crippen molar-refractivity contribution in [2.45, 2.75) is 12.5 Å². The van der Waals surface area contributed by atoms with E-state index in [9.17, 15) is 4.79 Å². The first-order valence-electron chi connectivity index (χ1n) is 4.44. The average Bonchev–Trinajstić information content (AvgIpc) is 2.65. The van der Waals surface area contributed by atoms with Crippen LogP contribution in [0.15, 0.2) is 6.33 Å². The van der Waals surface area contributed by atoms with Crippen LogP contribution in [0.25, 0.3) is 11.2 Å². The molecule has 0 saturated carbocycles. The van der Waals surface area contributed by atoms with Crippen molar-refractivity contribution in [2.75, 3.05) is 5.73 Å². The predicted molar refractivity (Wildman–Crippen MR) is 53.4 cm³/mol. The number of rotatable bonds is 3. The summed E-state index contributed by atoms with van der Waals surface area (Å²) in [6, 6.07) is 0. The number of aromatic amines is 1. The first-order chi connectivity index (χ1) is 7.58. The molecule has 0 aromatic carbocycles.